The number of rotatable bonds is 4. The van der Waals surface area contributed by atoms with Crippen LogP contribution in [0.1, 0.15) is 24.9 Å². The molecule has 1 atom stereocenters. The number of halogens is 2. The van der Waals surface area contributed by atoms with Gasteiger partial charge in [-0.3, -0.25) is 4.79 Å². The Balaban J connectivity index is 2.80. The maximum atomic E-state index is 13.4. The van der Waals surface area contributed by atoms with Gasteiger partial charge in [0.15, 0.2) is 0 Å². The summed E-state index contributed by atoms with van der Waals surface area (Å²) in [5, 5.41) is 0.219. The largest absolute Gasteiger partial charge is 0.466 e. The number of carbonyl (C=O) groups excluding carboxylic acids is 1. The molecule has 1 rings (SSSR count). The molecule has 1 aromatic carbocycles. The first kappa shape index (κ1) is 12.9. The Morgan fingerprint density at radius 3 is 2.88 bits per heavy atom. The predicted octanol–water partition coefficient (Wildman–Crippen LogP) is 2.43. The smallest absolute Gasteiger partial charge is 0.307 e. The summed E-state index contributed by atoms with van der Waals surface area (Å²) in [7, 11) is 0. The highest BCUT2D eigenvalue weighted by Gasteiger charge is 2.18. The molecular formula is C11H13ClFNO2. The van der Waals surface area contributed by atoms with E-state index in [4.69, 9.17) is 22.1 Å². The Morgan fingerprint density at radius 2 is 2.31 bits per heavy atom. The van der Waals surface area contributed by atoms with Crippen LogP contribution in [-0.2, 0) is 9.53 Å². The fourth-order valence-corrected chi connectivity index (χ4v) is 1.67. The molecule has 0 aliphatic carbocycles. The van der Waals surface area contributed by atoms with E-state index in [2.05, 4.69) is 0 Å². The molecule has 5 heteroatoms. The van der Waals surface area contributed by atoms with Crippen molar-refractivity contribution in [2.24, 2.45) is 5.73 Å². The zero-order valence-electron chi connectivity index (χ0n) is 8.87. The number of hydrogen-bond donors (Lipinski definition) is 1. The number of ether oxygens (including phenoxy) is 1. The van der Waals surface area contributed by atoms with Gasteiger partial charge in [0.2, 0.25) is 0 Å². The lowest BCUT2D eigenvalue weighted by molar-refractivity contribution is -0.143. The first-order valence-electron chi connectivity index (χ1n) is 4.91. The quantitative estimate of drug-likeness (QED) is 0.829. The summed E-state index contributed by atoms with van der Waals surface area (Å²) >= 11 is 5.81. The van der Waals surface area contributed by atoms with Gasteiger partial charge in [-0.05, 0) is 19.1 Å². The number of carbonyl (C=O) groups is 1. The maximum absolute atomic E-state index is 13.4. The van der Waals surface area contributed by atoms with E-state index in [0.29, 0.717) is 0 Å². The van der Waals surface area contributed by atoms with Crippen LogP contribution in [0.25, 0.3) is 0 Å². The van der Waals surface area contributed by atoms with Crippen LogP contribution in [0.4, 0.5) is 4.39 Å². The van der Waals surface area contributed by atoms with E-state index >= 15 is 0 Å². The molecular weight excluding hydrogens is 233 g/mol. The number of nitrogens with two attached hydrogens (primary N) is 1. The third-order valence-corrected chi connectivity index (χ3v) is 2.39. The first-order valence-corrected chi connectivity index (χ1v) is 5.29. The lowest BCUT2D eigenvalue weighted by Gasteiger charge is -2.13. The van der Waals surface area contributed by atoms with Crippen molar-refractivity contribution in [2.45, 2.75) is 19.4 Å². The molecule has 0 spiro atoms. The van der Waals surface area contributed by atoms with Gasteiger partial charge in [-0.25, -0.2) is 4.39 Å². The SMILES string of the molecule is CCOC(=O)C[C@H](N)c1c(F)cccc1Cl. The van der Waals surface area contributed by atoms with Crippen LogP contribution >= 0.6 is 11.6 Å². The van der Waals surface area contributed by atoms with Crippen LogP contribution in [-0.4, -0.2) is 12.6 Å². The van der Waals surface area contributed by atoms with Gasteiger partial charge < -0.3 is 10.5 Å². The van der Waals surface area contributed by atoms with Gasteiger partial charge in [0.05, 0.1) is 13.0 Å². The lowest BCUT2D eigenvalue weighted by atomic mass is 10.0. The molecule has 0 radical (unpaired) electrons. The van der Waals surface area contributed by atoms with Crippen molar-refractivity contribution in [2.75, 3.05) is 6.61 Å². The fourth-order valence-electron chi connectivity index (χ4n) is 1.37. The number of benzene rings is 1. The fraction of sp³-hybridized carbons (Fsp3) is 0.364. The summed E-state index contributed by atoms with van der Waals surface area (Å²) in [6.45, 7) is 1.97. The summed E-state index contributed by atoms with van der Waals surface area (Å²) in [6, 6.07) is 3.49. The van der Waals surface area contributed by atoms with Gasteiger partial charge in [0.25, 0.3) is 0 Å². The van der Waals surface area contributed by atoms with Crippen molar-refractivity contribution in [3.05, 3.63) is 34.6 Å². The summed E-state index contributed by atoms with van der Waals surface area (Å²) in [4.78, 5) is 11.2. The van der Waals surface area contributed by atoms with Crippen molar-refractivity contribution in [3.8, 4) is 0 Å². The number of esters is 1. The molecule has 0 fully saturated rings. The molecule has 0 amide bonds. The lowest BCUT2D eigenvalue weighted by Crippen LogP contribution is -2.18. The van der Waals surface area contributed by atoms with E-state index in [1.807, 2.05) is 0 Å². The molecule has 0 bridgehead atoms. The third-order valence-electron chi connectivity index (χ3n) is 2.06. The number of hydrogen-bond acceptors (Lipinski definition) is 3. The molecule has 0 aliphatic heterocycles. The summed E-state index contributed by atoms with van der Waals surface area (Å²) in [6.07, 6.45) is -0.0888. The van der Waals surface area contributed by atoms with Gasteiger partial charge in [0, 0.05) is 16.6 Å². The van der Waals surface area contributed by atoms with Gasteiger partial charge in [-0.1, -0.05) is 17.7 Å². The molecule has 16 heavy (non-hydrogen) atoms. The second-order valence-corrected chi connectivity index (χ2v) is 3.66. The van der Waals surface area contributed by atoms with E-state index < -0.39 is 17.8 Å². The maximum Gasteiger partial charge on any atom is 0.307 e. The Morgan fingerprint density at radius 1 is 1.62 bits per heavy atom. The van der Waals surface area contributed by atoms with Crippen molar-refractivity contribution in [1.82, 2.24) is 0 Å². The summed E-state index contributed by atoms with van der Waals surface area (Å²) in [5.74, 6) is -0.974. The molecule has 0 aromatic heterocycles. The van der Waals surface area contributed by atoms with E-state index in [1.165, 1.54) is 18.2 Å². The average molecular weight is 246 g/mol. The Kier molecular flexibility index (Phi) is 4.71. The normalized spacial score (nSPS) is 12.2. The summed E-state index contributed by atoms with van der Waals surface area (Å²) < 4.78 is 18.1. The Hall–Kier alpha value is -1.13. The van der Waals surface area contributed by atoms with E-state index in [1.54, 1.807) is 6.92 Å². The molecule has 2 N–H and O–H groups in total. The van der Waals surface area contributed by atoms with Gasteiger partial charge in [-0.15, -0.1) is 0 Å². The average Bonchev–Trinajstić information content (AvgIpc) is 2.17. The molecule has 1 aromatic rings. The van der Waals surface area contributed by atoms with Crippen LogP contribution < -0.4 is 5.73 Å². The summed E-state index contributed by atoms with van der Waals surface area (Å²) in [5.41, 5.74) is 5.85. The van der Waals surface area contributed by atoms with Crippen LogP contribution in [0.5, 0.6) is 0 Å². The molecule has 0 saturated carbocycles. The third kappa shape index (κ3) is 3.18. The predicted molar refractivity (Wildman–Crippen MR) is 59.6 cm³/mol. The zero-order chi connectivity index (χ0) is 12.1. The highest BCUT2D eigenvalue weighted by molar-refractivity contribution is 6.31. The minimum absolute atomic E-state index is 0.0888. The molecule has 0 heterocycles. The standard InChI is InChI=1S/C11H13ClFNO2/c1-2-16-10(15)6-9(14)11-7(12)4-3-5-8(11)13/h3-5,9H,2,6,14H2,1H3/t9-/m0/s1. The highest BCUT2D eigenvalue weighted by Crippen LogP contribution is 2.26. The van der Waals surface area contributed by atoms with Crippen molar-refractivity contribution >= 4 is 17.6 Å². The van der Waals surface area contributed by atoms with Gasteiger partial charge in [0.1, 0.15) is 5.82 Å². The second-order valence-electron chi connectivity index (χ2n) is 3.25. The van der Waals surface area contributed by atoms with E-state index in [9.17, 15) is 9.18 Å². The first-order chi connectivity index (χ1) is 7.56. The monoisotopic (exact) mass is 245 g/mol. The van der Waals surface area contributed by atoms with Crippen molar-refractivity contribution in [1.29, 1.82) is 0 Å². The van der Waals surface area contributed by atoms with Crippen molar-refractivity contribution < 1.29 is 13.9 Å². The second kappa shape index (κ2) is 5.82. The van der Waals surface area contributed by atoms with Crippen molar-refractivity contribution in [3.63, 3.8) is 0 Å². The highest BCUT2D eigenvalue weighted by atomic mass is 35.5. The zero-order valence-corrected chi connectivity index (χ0v) is 9.63. The van der Waals surface area contributed by atoms with Crippen LogP contribution in [0, 0.1) is 5.82 Å². The topological polar surface area (TPSA) is 52.3 Å². The van der Waals surface area contributed by atoms with Gasteiger partial charge in [-0.2, -0.15) is 0 Å². The van der Waals surface area contributed by atoms with E-state index in [0.717, 1.165) is 0 Å². The minimum atomic E-state index is -0.784. The van der Waals surface area contributed by atoms with Crippen LogP contribution in [0.3, 0.4) is 0 Å². The Labute approximate surface area is 98.3 Å². The molecule has 3 nitrogen and oxygen atoms in total. The minimum Gasteiger partial charge on any atom is -0.466 e. The van der Waals surface area contributed by atoms with Gasteiger partial charge >= 0.3 is 5.97 Å². The van der Waals surface area contributed by atoms with Crippen LogP contribution in [0.2, 0.25) is 5.02 Å². The molecule has 0 aliphatic rings. The molecule has 0 unspecified atom stereocenters. The van der Waals surface area contributed by atoms with Crippen LogP contribution in [0.15, 0.2) is 18.2 Å². The molecule has 0 saturated heterocycles. The molecule has 88 valence electrons. The Bertz CT molecular complexity index is 364. The van der Waals surface area contributed by atoms with E-state index in [-0.39, 0.29) is 23.6 Å².